The van der Waals surface area contributed by atoms with Crippen LogP contribution in [0.15, 0.2) is 0 Å². The molecule has 1 nitrogen and oxygen atoms in total. The molecule has 1 atom stereocenters. The molecule has 0 radical (unpaired) electrons. The van der Waals surface area contributed by atoms with E-state index in [0.29, 0.717) is 0 Å². The number of aliphatic hydroxyl groups is 1. The Labute approximate surface area is 40.1 Å². The maximum absolute atomic E-state index is 8.28. The van der Waals surface area contributed by atoms with Gasteiger partial charge in [0, 0.05) is 0 Å². The van der Waals surface area contributed by atoms with E-state index in [2.05, 4.69) is 15.9 Å². The first kappa shape index (κ1) is 5.44. The fourth-order valence-electron chi connectivity index (χ4n) is 0. The summed E-state index contributed by atoms with van der Waals surface area (Å²) in [7, 11) is 0. The van der Waals surface area contributed by atoms with Crippen LogP contribution in [0.1, 0.15) is 13.3 Å². The van der Waals surface area contributed by atoms with Crippen LogP contribution < -0.4 is 0 Å². The van der Waals surface area contributed by atoms with Crippen LogP contribution in [0.3, 0.4) is 0 Å². The molecule has 2 heteroatoms. The third-order valence-electron chi connectivity index (χ3n) is 0.337. The summed E-state index contributed by atoms with van der Waals surface area (Å²) in [6, 6.07) is 0. The molecule has 1 N–H and O–H groups in total. The van der Waals surface area contributed by atoms with Gasteiger partial charge in [-0.05, 0) is 6.42 Å². The van der Waals surface area contributed by atoms with Gasteiger partial charge in [0.2, 0.25) is 0 Å². The highest BCUT2D eigenvalue weighted by Gasteiger charge is 1.84. The lowest BCUT2D eigenvalue weighted by Gasteiger charge is -1.88. The molecule has 0 rings (SSSR count). The van der Waals surface area contributed by atoms with Crippen molar-refractivity contribution in [2.75, 3.05) is 0 Å². The van der Waals surface area contributed by atoms with Gasteiger partial charge in [0.15, 0.2) is 0 Å². The fraction of sp³-hybridized carbons (Fsp3) is 1.00. The predicted molar refractivity (Wildman–Crippen MR) is 25.2 cm³/mol. The SMILES string of the molecule is CC[C@@H](O)Br. The standard InChI is InChI=1S/C3H7BrO/c1-2-3(4)5/h3,5H,2H2,1H3/t3-/m1/s1. The highest BCUT2D eigenvalue weighted by atomic mass is 79.9. The molecule has 0 aliphatic heterocycles. The topological polar surface area (TPSA) is 20.2 Å². The van der Waals surface area contributed by atoms with Crippen molar-refractivity contribution in [2.45, 2.75) is 18.4 Å². The zero-order valence-corrected chi connectivity index (χ0v) is 4.70. The molecule has 0 aromatic rings. The number of alkyl halides is 1. The summed E-state index contributed by atoms with van der Waals surface area (Å²) < 4.78 is 0. The first-order valence-electron chi connectivity index (χ1n) is 1.59. The van der Waals surface area contributed by atoms with Crippen molar-refractivity contribution in [1.82, 2.24) is 0 Å². The third-order valence-corrected chi connectivity index (χ3v) is 0.984. The van der Waals surface area contributed by atoms with Crippen LogP contribution in [-0.2, 0) is 0 Å². The Hall–Kier alpha value is 0.440. The molecule has 0 heterocycles. The molecule has 0 unspecified atom stereocenters. The first-order chi connectivity index (χ1) is 2.27. The molecule has 0 aromatic heterocycles. The number of hydrogen-bond acceptors (Lipinski definition) is 1. The van der Waals surface area contributed by atoms with Crippen molar-refractivity contribution in [3.05, 3.63) is 0 Å². The molecule has 0 saturated carbocycles. The van der Waals surface area contributed by atoms with E-state index in [-0.39, 0.29) is 5.01 Å². The smallest absolute Gasteiger partial charge is 0.108 e. The van der Waals surface area contributed by atoms with E-state index in [1.807, 2.05) is 6.92 Å². The molecule has 0 aliphatic rings. The molecular formula is C3H7BrO. The van der Waals surface area contributed by atoms with Gasteiger partial charge in [-0.3, -0.25) is 0 Å². The Morgan fingerprint density at radius 2 is 2.20 bits per heavy atom. The van der Waals surface area contributed by atoms with Gasteiger partial charge >= 0.3 is 0 Å². The summed E-state index contributed by atoms with van der Waals surface area (Å²) >= 11 is 2.93. The quantitative estimate of drug-likeness (QED) is 0.539. The fourth-order valence-corrected chi connectivity index (χ4v) is 0. The molecular weight excluding hydrogens is 132 g/mol. The minimum atomic E-state index is -0.303. The van der Waals surface area contributed by atoms with Crippen LogP contribution in [0.4, 0.5) is 0 Å². The zero-order chi connectivity index (χ0) is 4.28. The predicted octanol–water partition coefficient (Wildman–Crippen LogP) is 1.11. The maximum atomic E-state index is 8.28. The van der Waals surface area contributed by atoms with Crippen LogP contribution in [0, 0.1) is 0 Å². The van der Waals surface area contributed by atoms with E-state index in [1.165, 1.54) is 0 Å². The molecule has 32 valence electrons. The second-order valence-electron chi connectivity index (χ2n) is 0.843. The average Bonchev–Trinajstić information content (AvgIpc) is 1.38. The number of hydrogen-bond donors (Lipinski definition) is 1. The Morgan fingerprint density at radius 1 is 2.00 bits per heavy atom. The summed E-state index contributed by atoms with van der Waals surface area (Å²) in [5.41, 5.74) is 0. The van der Waals surface area contributed by atoms with Crippen LogP contribution in [-0.4, -0.2) is 10.1 Å². The molecule has 0 fully saturated rings. The van der Waals surface area contributed by atoms with E-state index in [1.54, 1.807) is 0 Å². The Kier molecular flexibility index (Phi) is 2.90. The minimum absolute atomic E-state index is 0.303. The molecule has 5 heavy (non-hydrogen) atoms. The molecule has 0 aromatic carbocycles. The lowest BCUT2D eigenvalue weighted by Crippen LogP contribution is -1.87. The van der Waals surface area contributed by atoms with Crippen LogP contribution in [0.5, 0.6) is 0 Å². The number of halogens is 1. The summed E-state index contributed by atoms with van der Waals surface area (Å²) in [4.78, 5) is 0. The summed E-state index contributed by atoms with van der Waals surface area (Å²) in [5.74, 6) is 0. The third kappa shape index (κ3) is 4.44. The van der Waals surface area contributed by atoms with Gasteiger partial charge < -0.3 is 5.11 Å². The molecule has 0 amide bonds. The first-order valence-corrected chi connectivity index (χ1v) is 2.51. The maximum Gasteiger partial charge on any atom is 0.108 e. The summed E-state index contributed by atoms with van der Waals surface area (Å²) in [6.45, 7) is 1.90. The molecule has 0 bridgehead atoms. The van der Waals surface area contributed by atoms with E-state index in [0.717, 1.165) is 6.42 Å². The van der Waals surface area contributed by atoms with Gasteiger partial charge in [-0.1, -0.05) is 22.9 Å². The van der Waals surface area contributed by atoms with Crippen LogP contribution >= 0.6 is 15.9 Å². The lowest BCUT2D eigenvalue weighted by molar-refractivity contribution is 0.266. The Balaban J connectivity index is 2.54. The normalized spacial score (nSPS) is 15.0. The van der Waals surface area contributed by atoms with Gasteiger partial charge in [-0.2, -0.15) is 0 Å². The molecule has 0 aliphatic carbocycles. The monoisotopic (exact) mass is 138 g/mol. The van der Waals surface area contributed by atoms with Crippen molar-refractivity contribution >= 4 is 15.9 Å². The van der Waals surface area contributed by atoms with Gasteiger partial charge in [-0.25, -0.2) is 0 Å². The molecule has 0 saturated heterocycles. The second kappa shape index (κ2) is 2.67. The van der Waals surface area contributed by atoms with Gasteiger partial charge in [-0.15, -0.1) is 0 Å². The van der Waals surface area contributed by atoms with Crippen molar-refractivity contribution in [3.8, 4) is 0 Å². The number of aliphatic hydroxyl groups excluding tert-OH is 1. The molecule has 0 spiro atoms. The highest BCUT2D eigenvalue weighted by Crippen LogP contribution is 1.95. The van der Waals surface area contributed by atoms with Crippen LogP contribution in [0.25, 0.3) is 0 Å². The van der Waals surface area contributed by atoms with E-state index in [4.69, 9.17) is 5.11 Å². The van der Waals surface area contributed by atoms with Gasteiger partial charge in [0.05, 0.1) is 0 Å². The van der Waals surface area contributed by atoms with Crippen molar-refractivity contribution in [1.29, 1.82) is 0 Å². The van der Waals surface area contributed by atoms with Gasteiger partial charge in [0.1, 0.15) is 5.01 Å². The Bertz CT molecular complexity index is 20.9. The Morgan fingerprint density at radius 3 is 2.20 bits per heavy atom. The van der Waals surface area contributed by atoms with E-state index in [9.17, 15) is 0 Å². The zero-order valence-electron chi connectivity index (χ0n) is 3.11. The minimum Gasteiger partial charge on any atom is -0.382 e. The highest BCUT2D eigenvalue weighted by molar-refractivity contribution is 9.09. The van der Waals surface area contributed by atoms with Gasteiger partial charge in [0.25, 0.3) is 0 Å². The van der Waals surface area contributed by atoms with Crippen LogP contribution in [0.2, 0.25) is 0 Å². The largest absolute Gasteiger partial charge is 0.382 e. The van der Waals surface area contributed by atoms with Crippen molar-refractivity contribution < 1.29 is 5.11 Å². The summed E-state index contributed by atoms with van der Waals surface area (Å²) in [6.07, 6.45) is 0.778. The van der Waals surface area contributed by atoms with E-state index < -0.39 is 0 Å². The average molecular weight is 139 g/mol. The second-order valence-corrected chi connectivity index (χ2v) is 1.90. The van der Waals surface area contributed by atoms with Crippen molar-refractivity contribution in [3.63, 3.8) is 0 Å². The number of rotatable bonds is 1. The lowest BCUT2D eigenvalue weighted by atomic mass is 10.5. The van der Waals surface area contributed by atoms with Crippen molar-refractivity contribution in [2.24, 2.45) is 0 Å². The summed E-state index contributed by atoms with van der Waals surface area (Å²) in [5, 5.41) is 7.97. The van der Waals surface area contributed by atoms with E-state index >= 15 is 0 Å².